The van der Waals surface area contributed by atoms with E-state index < -0.39 is 10.0 Å². The predicted molar refractivity (Wildman–Crippen MR) is 82.5 cm³/mol. The van der Waals surface area contributed by atoms with E-state index in [0.717, 1.165) is 24.0 Å². The number of nitrogens with zero attached hydrogens (tertiary/aromatic N) is 1. The molecule has 0 heterocycles. The molecule has 0 aliphatic heterocycles. The first-order valence-electron chi connectivity index (χ1n) is 7.07. The number of hydrogen-bond acceptors (Lipinski definition) is 2. The average molecular weight is 316 g/mol. The van der Waals surface area contributed by atoms with Gasteiger partial charge in [-0.15, -0.1) is 11.6 Å². The topological polar surface area (TPSA) is 37.4 Å². The first-order chi connectivity index (χ1) is 9.45. The molecule has 0 N–H and O–H groups in total. The number of alkyl halides is 1. The fourth-order valence-corrected chi connectivity index (χ4v) is 4.51. The van der Waals surface area contributed by atoms with Gasteiger partial charge in [-0.05, 0) is 42.9 Å². The molecule has 112 valence electrons. The number of rotatable bonds is 5. The Kier molecular flexibility index (Phi) is 5.10. The Balaban J connectivity index is 2.24. The summed E-state index contributed by atoms with van der Waals surface area (Å²) in [6.45, 7) is 2.45. The maximum atomic E-state index is 12.7. The maximum absolute atomic E-state index is 12.7. The van der Waals surface area contributed by atoms with Gasteiger partial charge in [0.15, 0.2) is 0 Å². The molecule has 0 aromatic heterocycles. The van der Waals surface area contributed by atoms with E-state index in [0.29, 0.717) is 23.2 Å². The molecule has 0 amide bonds. The van der Waals surface area contributed by atoms with Gasteiger partial charge in [0.25, 0.3) is 0 Å². The molecule has 0 spiro atoms. The van der Waals surface area contributed by atoms with E-state index in [2.05, 4.69) is 0 Å². The highest BCUT2D eigenvalue weighted by Gasteiger charge is 2.26. The summed E-state index contributed by atoms with van der Waals surface area (Å²) in [5.74, 6) is 0.834. The highest BCUT2D eigenvalue weighted by Crippen LogP contribution is 2.28. The summed E-state index contributed by atoms with van der Waals surface area (Å²) in [6, 6.07) is 5.40. The summed E-state index contributed by atoms with van der Waals surface area (Å²) in [6.07, 6.45) is 4.72. The van der Waals surface area contributed by atoms with Crippen molar-refractivity contribution in [3.8, 4) is 0 Å². The molecule has 0 radical (unpaired) electrons. The summed E-state index contributed by atoms with van der Waals surface area (Å²) in [7, 11) is -1.73. The monoisotopic (exact) mass is 315 g/mol. The van der Waals surface area contributed by atoms with E-state index in [1.165, 1.54) is 17.1 Å². The molecule has 0 bridgehead atoms. The Morgan fingerprint density at radius 2 is 1.95 bits per heavy atom. The third-order valence-electron chi connectivity index (χ3n) is 4.09. The molecule has 5 heteroatoms. The van der Waals surface area contributed by atoms with Gasteiger partial charge in [-0.3, -0.25) is 0 Å². The number of sulfonamides is 1. The second-order valence-corrected chi connectivity index (χ2v) is 7.95. The zero-order valence-electron chi connectivity index (χ0n) is 12.1. The van der Waals surface area contributed by atoms with Crippen molar-refractivity contribution in [2.75, 3.05) is 13.6 Å². The van der Waals surface area contributed by atoms with Crippen LogP contribution < -0.4 is 0 Å². The second kappa shape index (κ2) is 6.46. The summed E-state index contributed by atoms with van der Waals surface area (Å²) >= 11 is 5.81. The molecule has 0 unspecified atom stereocenters. The molecule has 1 aromatic carbocycles. The molecule has 20 heavy (non-hydrogen) atoms. The van der Waals surface area contributed by atoms with Gasteiger partial charge in [0.1, 0.15) is 0 Å². The van der Waals surface area contributed by atoms with Crippen molar-refractivity contribution in [3.05, 3.63) is 29.3 Å². The summed E-state index contributed by atoms with van der Waals surface area (Å²) < 4.78 is 26.9. The van der Waals surface area contributed by atoms with Crippen LogP contribution in [0.25, 0.3) is 0 Å². The maximum Gasteiger partial charge on any atom is 0.243 e. The zero-order valence-corrected chi connectivity index (χ0v) is 13.7. The molecule has 0 atom stereocenters. The van der Waals surface area contributed by atoms with Crippen molar-refractivity contribution in [3.63, 3.8) is 0 Å². The fraction of sp³-hybridized carbons (Fsp3) is 0.600. The minimum Gasteiger partial charge on any atom is -0.207 e. The molecule has 2 rings (SSSR count). The van der Waals surface area contributed by atoms with Crippen molar-refractivity contribution in [2.24, 2.45) is 5.92 Å². The van der Waals surface area contributed by atoms with Crippen molar-refractivity contribution in [1.29, 1.82) is 0 Å². The third-order valence-corrected chi connectivity index (χ3v) is 6.36. The highest BCUT2D eigenvalue weighted by atomic mass is 35.5. The lowest BCUT2D eigenvalue weighted by atomic mass is 10.1. The Hall–Kier alpha value is -0.580. The van der Waals surface area contributed by atoms with Crippen LogP contribution in [0.3, 0.4) is 0 Å². The van der Waals surface area contributed by atoms with Crippen LogP contribution in [0.5, 0.6) is 0 Å². The molecular weight excluding hydrogens is 294 g/mol. The Morgan fingerprint density at radius 1 is 1.30 bits per heavy atom. The van der Waals surface area contributed by atoms with Crippen LogP contribution in [-0.2, 0) is 15.9 Å². The van der Waals surface area contributed by atoms with Crippen LogP contribution in [0.1, 0.15) is 36.8 Å². The standard InChI is InChI=1S/C15H22ClNO2S/c1-12-7-8-14(10-16)9-15(12)20(18,19)17(2)11-13-5-3-4-6-13/h7-9,13H,3-6,10-11H2,1-2H3. The summed E-state index contributed by atoms with van der Waals surface area (Å²) in [4.78, 5) is 0.385. The molecule has 1 aromatic rings. The van der Waals surface area contributed by atoms with Crippen molar-refractivity contribution >= 4 is 21.6 Å². The Morgan fingerprint density at radius 3 is 2.55 bits per heavy atom. The first-order valence-corrected chi connectivity index (χ1v) is 9.04. The summed E-state index contributed by atoms with van der Waals surface area (Å²) in [5, 5.41) is 0. The van der Waals surface area contributed by atoms with Gasteiger partial charge >= 0.3 is 0 Å². The number of benzene rings is 1. The Labute approximate surface area is 127 Å². The predicted octanol–water partition coefficient (Wildman–Crippen LogP) is 3.54. The lowest BCUT2D eigenvalue weighted by Crippen LogP contribution is -2.31. The summed E-state index contributed by atoms with van der Waals surface area (Å²) in [5.41, 5.74) is 1.61. The molecular formula is C15H22ClNO2S. The van der Waals surface area contributed by atoms with E-state index in [1.807, 2.05) is 19.1 Å². The van der Waals surface area contributed by atoms with Gasteiger partial charge in [0.2, 0.25) is 10.0 Å². The van der Waals surface area contributed by atoms with Crippen LogP contribution in [0, 0.1) is 12.8 Å². The average Bonchev–Trinajstić information content (AvgIpc) is 2.92. The van der Waals surface area contributed by atoms with Gasteiger partial charge in [-0.25, -0.2) is 12.7 Å². The zero-order chi connectivity index (χ0) is 14.8. The quantitative estimate of drug-likeness (QED) is 0.779. The van der Waals surface area contributed by atoms with E-state index in [1.54, 1.807) is 13.1 Å². The third kappa shape index (κ3) is 3.35. The minimum atomic E-state index is -3.42. The largest absolute Gasteiger partial charge is 0.243 e. The first kappa shape index (κ1) is 15.8. The molecule has 1 aliphatic rings. The van der Waals surface area contributed by atoms with E-state index in [9.17, 15) is 8.42 Å². The number of aryl methyl sites for hydroxylation is 1. The molecule has 1 fully saturated rings. The van der Waals surface area contributed by atoms with Crippen molar-refractivity contribution in [1.82, 2.24) is 4.31 Å². The van der Waals surface area contributed by atoms with E-state index in [-0.39, 0.29) is 0 Å². The van der Waals surface area contributed by atoms with Crippen molar-refractivity contribution < 1.29 is 8.42 Å². The van der Waals surface area contributed by atoms with Gasteiger partial charge in [-0.1, -0.05) is 25.0 Å². The van der Waals surface area contributed by atoms with Crippen LogP contribution in [0.15, 0.2) is 23.1 Å². The van der Waals surface area contributed by atoms with E-state index >= 15 is 0 Å². The normalized spacial score (nSPS) is 17.0. The lowest BCUT2D eigenvalue weighted by Gasteiger charge is -2.22. The van der Waals surface area contributed by atoms with Crippen LogP contribution in [0.2, 0.25) is 0 Å². The van der Waals surface area contributed by atoms with Crippen LogP contribution >= 0.6 is 11.6 Å². The molecule has 0 saturated heterocycles. The fourth-order valence-electron chi connectivity index (χ4n) is 2.83. The van der Waals surface area contributed by atoms with Crippen LogP contribution in [0.4, 0.5) is 0 Å². The minimum absolute atomic E-state index is 0.329. The SMILES string of the molecule is Cc1ccc(CCl)cc1S(=O)(=O)N(C)CC1CCCC1. The second-order valence-electron chi connectivity index (χ2n) is 5.67. The highest BCUT2D eigenvalue weighted by molar-refractivity contribution is 7.89. The van der Waals surface area contributed by atoms with Crippen LogP contribution in [-0.4, -0.2) is 26.3 Å². The van der Waals surface area contributed by atoms with Gasteiger partial charge < -0.3 is 0 Å². The van der Waals surface area contributed by atoms with Crippen molar-refractivity contribution in [2.45, 2.75) is 43.4 Å². The van der Waals surface area contributed by atoms with E-state index in [4.69, 9.17) is 11.6 Å². The Bertz CT molecular complexity index is 565. The number of halogens is 1. The molecule has 1 aliphatic carbocycles. The molecule has 3 nitrogen and oxygen atoms in total. The van der Waals surface area contributed by atoms with Gasteiger partial charge in [0.05, 0.1) is 4.90 Å². The van der Waals surface area contributed by atoms with Gasteiger partial charge in [-0.2, -0.15) is 0 Å². The molecule has 1 saturated carbocycles. The smallest absolute Gasteiger partial charge is 0.207 e. The number of hydrogen-bond donors (Lipinski definition) is 0. The van der Waals surface area contributed by atoms with Gasteiger partial charge in [0, 0.05) is 19.5 Å². The lowest BCUT2D eigenvalue weighted by molar-refractivity contribution is 0.387.